The first kappa shape index (κ1) is 8.26. The van der Waals surface area contributed by atoms with Crippen molar-refractivity contribution in [2.24, 2.45) is 0 Å². The van der Waals surface area contributed by atoms with E-state index in [0.29, 0.717) is 10.9 Å². The van der Waals surface area contributed by atoms with Crippen LogP contribution in [0.4, 0.5) is 0 Å². The molecule has 0 spiro atoms. The zero-order chi connectivity index (χ0) is 10.1. The number of rotatable bonds is 1. The fourth-order valence-electron chi connectivity index (χ4n) is 1.32. The number of carboxylic acids is 1. The van der Waals surface area contributed by atoms with Crippen molar-refractivity contribution in [3.05, 3.63) is 29.7 Å². The molecule has 0 radical (unpaired) electrons. The molecule has 0 aromatic carbocycles. The summed E-state index contributed by atoms with van der Waals surface area (Å²) in [5.41, 5.74) is 0.821. The Hall–Kier alpha value is -2.35. The van der Waals surface area contributed by atoms with Crippen molar-refractivity contribution in [2.75, 3.05) is 0 Å². The molecular formula is C9H5N3O2. The number of nitrogens with zero attached hydrogens (tertiary/aromatic N) is 2. The van der Waals surface area contributed by atoms with Crippen molar-refractivity contribution in [1.82, 2.24) is 9.97 Å². The topological polar surface area (TPSA) is 89.8 Å². The molecule has 0 bridgehead atoms. The molecule has 0 fully saturated rings. The number of H-pyrrole nitrogens is 1. The van der Waals surface area contributed by atoms with E-state index >= 15 is 0 Å². The fraction of sp³-hybridized carbons (Fsp3) is 0. The van der Waals surface area contributed by atoms with Gasteiger partial charge >= 0.3 is 5.97 Å². The average Bonchev–Trinajstić information content (AvgIpc) is 2.60. The van der Waals surface area contributed by atoms with Gasteiger partial charge in [-0.25, -0.2) is 9.78 Å². The first-order valence-corrected chi connectivity index (χ1v) is 3.83. The molecule has 5 nitrogen and oxygen atoms in total. The zero-order valence-corrected chi connectivity index (χ0v) is 6.98. The molecule has 0 saturated carbocycles. The van der Waals surface area contributed by atoms with E-state index in [1.165, 1.54) is 12.4 Å². The van der Waals surface area contributed by atoms with E-state index in [2.05, 4.69) is 9.97 Å². The van der Waals surface area contributed by atoms with Crippen LogP contribution in [0.15, 0.2) is 18.5 Å². The van der Waals surface area contributed by atoms with Crippen molar-refractivity contribution in [2.45, 2.75) is 0 Å². The molecule has 0 unspecified atom stereocenters. The Morgan fingerprint density at radius 1 is 1.64 bits per heavy atom. The molecule has 0 atom stereocenters. The van der Waals surface area contributed by atoms with Crippen LogP contribution >= 0.6 is 0 Å². The second-order valence-corrected chi connectivity index (χ2v) is 2.70. The van der Waals surface area contributed by atoms with Gasteiger partial charge in [0.15, 0.2) is 5.69 Å². The van der Waals surface area contributed by atoms with E-state index in [0.717, 1.165) is 0 Å². The van der Waals surface area contributed by atoms with E-state index in [1.807, 2.05) is 6.07 Å². The van der Waals surface area contributed by atoms with Crippen LogP contribution in [0.2, 0.25) is 0 Å². The molecule has 2 N–H and O–H groups in total. The SMILES string of the molecule is N#Cc1nccc2c(C(=O)O)c[nH]c12. The summed E-state index contributed by atoms with van der Waals surface area (Å²) < 4.78 is 0. The van der Waals surface area contributed by atoms with Crippen LogP contribution in [0, 0.1) is 11.3 Å². The number of nitrogens with one attached hydrogen (secondary N) is 1. The monoisotopic (exact) mass is 187 g/mol. The molecule has 5 heteroatoms. The van der Waals surface area contributed by atoms with Crippen LogP contribution in [-0.2, 0) is 0 Å². The lowest BCUT2D eigenvalue weighted by molar-refractivity contribution is 0.0699. The number of aromatic carboxylic acids is 1. The molecule has 0 aliphatic rings. The molecule has 0 saturated heterocycles. The van der Waals surface area contributed by atoms with Crippen LogP contribution in [0.1, 0.15) is 16.1 Å². The number of pyridine rings is 1. The van der Waals surface area contributed by atoms with E-state index in [9.17, 15) is 4.79 Å². The molecule has 14 heavy (non-hydrogen) atoms. The number of hydrogen-bond donors (Lipinski definition) is 2. The van der Waals surface area contributed by atoms with Crippen LogP contribution in [-0.4, -0.2) is 21.0 Å². The van der Waals surface area contributed by atoms with E-state index < -0.39 is 5.97 Å². The standard InChI is InChI=1S/C9H5N3O2/c10-3-7-8-5(1-2-11-7)6(4-12-8)9(13)14/h1-2,4,12H,(H,13,14). The van der Waals surface area contributed by atoms with Crippen molar-refractivity contribution in [3.8, 4) is 6.07 Å². The second-order valence-electron chi connectivity index (χ2n) is 2.70. The van der Waals surface area contributed by atoms with Gasteiger partial charge in [-0.05, 0) is 6.07 Å². The van der Waals surface area contributed by atoms with Gasteiger partial charge in [0, 0.05) is 17.8 Å². The molecule has 2 aromatic heterocycles. The molecule has 0 aliphatic carbocycles. The molecule has 0 aliphatic heterocycles. The highest BCUT2D eigenvalue weighted by Gasteiger charge is 2.12. The maximum absolute atomic E-state index is 10.8. The smallest absolute Gasteiger partial charge is 0.337 e. The molecule has 2 rings (SSSR count). The lowest BCUT2D eigenvalue weighted by Gasteiger charge is -1.92. The highest BCUT2D eigenvalue weighted by atomic mass is 16.4. The summed E-state index contributed by atoms with van der Waals surface area (Å²) in [6.45, 7) is 0. The Balaban J connectivity index is 2.84. The lowest BCUT2D eigenvalue weighted by Crippen LogP contribution is -1.93. The van der Waals surface area contributed by atoms with Gasteiger partial charge in [-0.1, -0.05) is 0 Å². The predicted octanol–water partition coefficient (Wildman–Crippen LogP) is 1.13. The summed E-state index contributed by atoms with van der Waals surface area (Å²) in [7, 11) is 0. The van der Waals surface area contributed by atoms with Gasteiger partial charge in [-0.15, -0.1) is 0 Å². The first-order chi connectivity index (χ1) is 6.74. The van der Waals surface area contributed by atoms with Crippen LogP contribution in [0.25, 0.3) is 10.9 Å². The van der Waals surface area contributed by atoms with E-state index in [-0.39, 0.29) is 11.3 Å². The van der Waals surface area contributed by atoms with Crippen LogP contribution < -0.4 is 0 Å². The summed E-state index contributed by atoms with van der Waals surface area (Å²) in [6, 6.07) is 3.45. The van der Waals surface area contributed by atoms with Gasteiger partial charge in [-0.3, -0.25) is 0 Å². The summed E-state index contributed by atoms with van der Waals surface area (Å²) in [6.07, 6.45) is 2.77. The van der Waals surface area contributed by atoms with Crippen molar-refractivity contribution in [1.29, 1.82) is 5.26 Å². The van der Waals surface area contributed by atoms with Gasteiger partial charge < -0.3 is 10.1 Å². The number of nitriles is 1. The molecule has 68 valence electrons. The summed E-state index contributed by atoms with van der Waals surface area (Å²) >= 11 is 0. The third-order valence-corrected chi connectivity index (χ3v) is 1.94. The predicted molar refractivity (Wildman–Crippen MR) is 47.8 cm³/mol. The first-order valence-electron chi connectivity index (χ1n) is 3.83. The fourth-order valence-corrected chi connectivity index (χ4v) is 1.32. The van der Waals surface area contributed by atoms with Gasteiger partial charge in [0.25, 0.3) is 0 Å². The summed E-state index contributed by atoms with van der Waals surface area (Å²) in [5.74, 6) is -1.02. The van der Waals surface area contributed by atoms with E-state index in [1.54, 1.807) is 6.07 Å². The van der Waals surface area contributed by atoms with Gasteiger partial charge in [-0.2, -0.15) is 5.26 Å². The minimum atomic E-state index is -1.02. The Bertz CT molecular complexity index is 551. The van der Waals surface area contributed by atoms with Crippen molar-refractivity contribution < 1.29 is 9.90 Å². The van der Waals surface area contributed by atoms with Gasteiger partial charge in [0.2, 0.25) is 0 Å². The van der Waals surface area contributed by atoms with Crippen LogP contribution in [0.5, 0.6) is 0 Å². The largest absolute Gasteiger partial charge is 0.478 e. The third-order valence-electron chi connectivity index (χ3n) is 1.94. The van der Waals surface area contributed by atoms with Gasteiger partial charge in [0.1, 0.15) is 6.07 Å². The quantitative estimate of drug-likeness (QED) is 0.700. The van der Waals surface area contributed by atoms with Crippen LogP contribution in [0.3, 0.4) is 0 Å². The normalized spacial score (nSPS) is 9.93. The minimum absolute atomic E-state index is 0.152. The van der Waals surface area contributed by atoms with Crippen molar-refractivity contribution >= 4 is 16.9 Å². The number of fused-ring (bicyclic) bond motifs is 1. The number of aromatic amines is 1. The Labute approximate surface area is 78.6 Å². The summed E-state index contributed by atoms with van der Waals surface area (Å²) in [4.78, 5) is 17.3. The highest BCUT2D eigenvalue weighted by molar-refractivity contribution is 6.03. The lowest BCUT2D eigenvalue weighted by atomic mass is 10.2. The molecule has 0 amide bonds. The average molecular weight is 187 g/mol. The molecular weight excluding hydrogens is 182 g/mol. The minimum Gasteiger partial charge on any atom is -0.478 e. The summed E-state index contributed by atoms with van der Waals surface area (Å²) in [5, 5.41) is 18.0. The maximum Gasteiger partial charge on any atom is 0.337 e. The number of carboxylic acid groups (broad SMARTS) is 1. The van der Waals surface area contributed by atoms with Crippen molar-refractivity contribution in [3.63, 3.8) is 0 Å². The third kappa shape index (κ3) is 1.02. The van der Waals surface area contributed by atoms with E-state index in [4.69, 9.17) is 10.4 Å². The molecule has 2 heterocycles. The Morgan fingerprint density at radius 2 is 2.43 bits per heavy atom. The van der Waals surface area contributed by atoms with Gasteiger partial charge in [0.05, 0.1) is 11.1 Å². The second kappa shape index (κ2) is 2.85. The maximum atomic E-state index is 10.8. The number of carbonyl (C=O) groups is 1. The highest BCUT2D eigenvalue weighted by Crippen LogP contribution is 2.19. The Morgan fingerprint density at radius 3 is 3.07 bits per heavy atom. The molecule has 2 aromatic rings. The number of hydrogen-bond acceptors (Lipinski definition) is 3. The number of aromatic nitrogens is 2. The Kier molecular flexibility index (Phi) is 1.68. The zero-order valence-electron chi connectivity index (χ0n) is 6.98.